The standard InChI is InChI=1S/C25H24ClFN4O4S/c1-14-5-7-17(8-6-14)36(34,35)31-13-19(18-10-16(26)11-29-25(18)31)24-28-12-20(27)21(30-24)9-15-3-2-4-22(32)23(15)33/h5-8,10-13,15,22-23,32-33H,2-4,9H2,1H3/t15-,22+,23+/m1/s1. The monoisotopic (exact) mass is 530 g/mol. The second-order valence-corrected chi connectivity index (χ2v) is 11.4. The van der Waals surface area contributed by atoms with Gasteiger partial charge >= 0.3 is 0 Å². The largest absolute Gasteiger partial charge is 0.390 e. The summed E-state index contributed by atoms with van der Waals surface area (Å²) in [6.07, 6.45) is 3.87. The highest BCUT2D eigenvalue weighted by Gasteiger charge is 2.32. The summed E-state index contributed by atoms with van der Waals surface area (Å²) in [7, 11) is -4.02. The van der Waals surface area contributed by atoms with E-state index in [1.54, 1.807) is 18.2 Å². The number of pyridine rings is 1. The van der Waals surface area contributed by atoms with Gasteiger partial charge in [-0.05, 0) is 50.3 Å². The number of hydrogen-bond donors (Lipinski definition) is 2. The fourth-order valence-corrected chi connectivity index (χ4v) is 6.11. The molecule has 1 aromatic carbocycles. The van der Waals surface area contributed by atoms with Crippen LogP contribution in [0.4, 0.5) is 4.39 Å². The van der Waals surface area contributed by atoms with Crippen LogP contribution in [0.2, 0.25) is 5.02 Å². The van der Waals surface area contributed by atoms with Crippen LogP contribution in [-0.4, -0.2) is 49.8 Å². The van der Waals surface area contributed by atoms with Crippen LogP contribution in [0.25, 0.3) is 22.4 Å². The number of nitrogens with zero attached hydrogens (tertiary/aromatic N) is 4. The summed E-state index contributed by atoms with van der Waals surface area (Å²) in [6, 6.07) is 8.00. The van der Waals surface area contributed by atoms with E-state index in [1.165, 1.54) is 24.5 Å². The average molecular weight is 531 g/mol. The molecule has 0 bridgehead atoms. The van der Waals surface area contributed by atoms with Gasteiger partial charge in [0.05, 0.1) is 34.0 Å². The molecular weight excluding hydrogens is 507 g/mol. The number of benzene rings is 1. The number of fused-ring (bicyclic) bond motifs is 1. The van der Waals surface area contributed by atoms with Gasteiger partial charge in [-0.1, -0.05) is 35.7 Å². The number of aliphatic hydroxyl groups excluding tert-OH is 2. The van der Waals surface area contributed by atoms with E-state index in [-0.39, 0.29) is 39.4 Å². The number of aryl methyl sites for hydroxylation is 1. The lowest BCUT2D eigenvalue weighted by Crippen LogP contribution is -2.38. The molecule has 1 aliphatic carbocycles. The Labute approximate surface area is 212 Å². The quantitative estimate of drug-likeness (QED) is 0.402. The van der Waals surface area contributed by atoms with Gasteiger partial charge in [0, 0.05) is 23.3 Å². The maximum absolute atomic E-state index is 14.7. The van der Waals surface area contributed by atoms with Crippen LogP contribution in [-0.2, 0) is 16.4 Å². The Bertz CT molecular complexity index is 1540. The van der Waals surface area contributed by atoms with E-state index in [4.69, 9.17) is 11.6 Å². The molecule has 4 aromatic rings. The maximum Gasteiger partial charge on any atom is 0.269 e. The van der Waals surface area contributed by atoms with E-state index in [0.717, 1.165) is 22.2 Å². The third kappa shape index (κ3) is 4.50. The zero-order valence-corrected chi connectivity index (χ0v) is 20.9. The summed E-state index contributed by atoms with van der Waals surface area (Å²) in [5.41, 5.74) is 1.45. The SMILES string of the molecule is Cc1ccc(S(=O)(=O)n2cc(-c3ncc(F)c(C[C@H]4CCC[C@H](O)[C@H]4O)n3)c3cc(Cl)cnc32)cc1. The molecule has 0 amide bonds. The van der Waals surface area contributed by atoms with Crippen LogP contribution in [0.15, 0.2) is 53.8 Å². The molecule has 1 fully saturated rings. The Morgan fingerprint density at radius 1 is 1.14 bits per heavy atom. The molecule has 0 unspecified atom stereocenters. The van der Waals surface area contributed by atoms with Crippen LogP contribution in [0, 0.1) is 18.7 Å². The van der Waals surface area contributed by atoms with Gasteiger partial charge in [0.15, 0.2) is 17.3 Å². The van der Waals surface area contributed by atoms with Crippen molar-refractivity contribution in [3.05, 3.63) is 71.0 Å². The van der Waals surface area contributed by atoms with Gasteiger partial charge in [0.1, 0.15) is 0 Å². The number of hydrogen-bond acceptors (Lipinski definition) is 7. The van der Waals surface area contributed by atoms with Crippen molar-refractivity contribution < 1.29 is 23.0 Å². The number of halogens is 2. The van der Waals surface area contributed by atoms with Crippen molar-refractivity contribution in [3.63, 3.8) is 0 Å². The zero-order valence-electron chi connectivity index (χ0n) is 19.3. The molecule has 188 valence electrons. The van der Waals surface area contributed by atoms with Crippen LogP contribution in [0.3, 0.4) is 0 Å². The van der Waals surface area contributed by atoms with Crippen LogP contribution < -0.4 is 0 Å². The van der Waals surface area contributed by atoms with Gasteiger partial charge in [-0.15, -0.1) is 0 Å². The van der Waals surface area contributed by atoms with E-state index in [9.17, 15) is 23.0 Å². The van der Waals surface area contributed by atoms with E-state index < -0.39 is 28.0 Å². The van der Waals surface area contributed by atoms with Gasteiger partial charge in [-0.2, -0.15) is 0 Å². The van der Waals surface area contributed by atoms with E-state index in [2.05, 4.69) is 15.0 Å². The lowest BCUT2D eigenvalue weighted by atomic mass is 9.82. The summed E-state index contributed by atoms with van der Waals surface area (Å²) < 4.78 is 42.7. The van der Waals surface area contributed by atoms with Gasteiger partial charge in [0.2, 0.25) is 0 Å². The Morgan fingerprint density at radius 3 is 2.64 bits per heavy atom. The maximum atomic E-state index is 14.7. The molecule has 0 radical (unpaired) electrons. The number of aliphatic hydroxyl groups is 2. The Kier molecular flexibility index (Phi) is 6.54. The van der Waals surface area contributed by atoms with Crippen LogP contribution >= 0.6 is 11.6 Å². The highest BCUT2D eigenvalue weighted by molar-refractivity contribution is 7.90. The first kappa shape index (κ1) is 24.8. The molecule has 2 N–H and O–H groups in total. The molecule has 8 nitrogen and oxygen atoms in total. The van der Waals surface area contributed by atoms with Crippen molar-refractivity contribution >= 4 is 32.7 Å². The smallest absolute Gasteiger partial charge is 0.269 e. The van der Waals surface area contributed by atoms with E-state index >= 15 is 0 Å². The first-order valence-corrected chi connectivity index (χ1v) is 13.3. The normalized spacial score (nSPS) is 20.6. The van der Waals surface area contributed by atoms with E-state index in [0.29, 0.717) is 23.8 Å². The topological polar surface area (TPSA) is 118 Å². The van der Waals surface area contributed by atoms with Crippen LogP contribution in [0.1, 0.15) is 30.5 Å². The minimum Gasteiger partial charge on any atom is -0.390 e. The summed E-state index contributed by atoms with van der Waals surface area (Å²) in [6.45, 7) is 1.86. The summed E-state index contributed by atoms with van der Waals surface area (Å²) in [5.74, 6) is -0.896. The van der Waals surface area contributed by atoms with Crippen molar-refractivity contribution in [1.29, 1.82) is 0 Å². The molecule has 3 heterocycles. The van der Waals surface area contributed by atoms with Gasteiger partial charge in [-0.3, -0.25) is 0 Å². The second-order valence-electron chi connectivity index (χ2n) is 9.12. The van der Waals surface area contributed by atoms with E-state index in [1.807, 2.05) is 6.92 Å². The zero-order chi connectivity index (χ0) is 25.6. The molecule has 3 aromatic heterocycles. The molecule has 0 saturated heterocycles. The molecule has 0 spiro atoms. The molecular formula is C25H24ClFN4O4S. The van der Waals surface area contributed by atoms with Crippen molar-refractivity contribution in [2.75, 3.05) is 0 Å². The van der Waals surface area contributed by atoms with Crippen LogP contribution in [0.5, 0.6) is 0 Å². The number of aromatic nitrogens is 4. The van der Waals surface area contributed by atoms with Crippen molar-refractivity contribution in [3.8, 4) is 11.4 Å². The molecule has 5 rings (SSSR count). The fourth-order valence-electron chi connectivity index (χ4n) is 4.63. The lowest BCUT2D eigenvalue weighted by molar-refractivity contribution is -0.0447. The van der Waals surface area contributed by atoms with Crippen molar-refractivity contribution in [1.82, 2.24) is 18.9 Å². The third-order valence-corrected chi connectivity index (χ3v) is 8.49. The van der Waals surface area contributed by atoms with Gasteiger partial charge in [0.25, 0.3) is 10.0 Å². The molecule has 1 saturated carbocycles. The highest BCUT2D eigenvalue weighted by atomic mass is 35.5. The lowest BCUT2D eigenvalue weighted by Gasteiger charge is -2.31. The molecule has 3 atom stereocenters. The van der Waals surface area contributed by atoms with Gasteiger partial charge in [-0.25, -0.2) is 31.7 Å². The first-order chi connectivity index (χ1) is 17.1. The van der Waals surface area contributed by atoms with Crippen molar-refractivity contribution in [2.45, 2.75) is 49.7 Å². The Morgan fingerprint density at radius 2 is 1.89 bits per heavy atom. The third-order valence-electron chi connectivity index (χ3n) is 6.62. The van der Waals surface area contributed by atoms with Crippen molar-refractivity contribution in [2.24, 2.45) is 5.92 Å². The second kappa shape index (κ2) is 9.51. The summed E-state index contributed by atoms with van der Waals surface area (Å²) in [5, 5.41) is 21.0. The Balaban J connectivity index is 1.61. The average Bonchev–Trinajstić information content (AvgIpc) is 3.23. The predicted molar refractivity (Wildman–Crippen MR) is 133 cm³/mol. The fraction of sp³-hybridized carbons (Fsp3) is 0.320. The number of rotatable bonds is 5. The minimum atomic E-state index is -4.02. The molecule has 0 aliphatic heterocycles. The highest BCUT2D eigenvalue weighted by Crippen LogP contribution is 2.33. The molecule has 1 aliphatic rings. The molecule has 11 heteroatoms. The molecule has 36 heavy (non-hydrogen) atoms. The summed E-state index contributed by atoms with van der Waals surface area (Å²) >= 11 is 6.18. The Hall–Kier alpha value is -2.92. The van der Waals surface area contributed by atoms with Gasteiger partial charge < -0.3 is 10.2 Å². The first-order valence-electron chi connectivity index (χ1n) is 11.5. The summed E-state index contributed by atoms with van der Waals surface area (Å²) in [4.78, 5) is 12.8. The minimum absolute atomic E-state index is 0.0791. The predicted octanol–water partition coefficient (Wildman–Crippen LogP) is 3.90.